The second-order valence-corrected chi connectivity index (χ2v) is 4.92. The summed E-state index contributed by atoms with van der Waals surface area (Å²) in [6, 6.07) is 4.31. The number of hydrogen-bond donors (Lipinski definition) is 1. The van der Waals surface area contributed by atoms with Crippen molar-refractivity contribution in [1.82, 2.24) is 0 Å². The summed E-state index contributed by atoms with van der Waals surface area (Å²) in [7, 11) is 0. The Morgan fingerprint density at radius 3 is 2.79 bits per heavy atom. The Balaban J connectivity index is 2.02. The lowest BCUT2D eigenvalue weighted by molar-refractivity contribution is 0.208. The molecular weight excluding hydrogens is 243 g/mol. The average Bonchev–Trinajstić information content (AvgIpc) is 2.45. The maximum absolute atomic E-state index is 13.3. The van der Waals surface area contributed by atoms with Crippen molar-refractivity contribution in [1.29, 1.82) is 0 Å². The standard InChI is InChI=1S/C16H19FO2/c17-15-9-8-14(7-4-10-18)16(11-15)19-12-13-5-2-1-3-6-13/h8-9,11,13,18H,1-3,5-6,10,12H2. The highest BCUT2D eigenvalue weighted by Gasteiger charge is 2.14. The third-order valence-corrected chi connectivity index (χ3v) is 3.45. The van der Waals surface area contributed by atoms with E-state index in [9.17, 15) is 4.39 Å². The number of benzene rings is 1. The van der Waals surface area contributed by atoms with Crippen molar-refractivity contribution in [2.24, 2.45) is 5.92 Å². The Hall–Kier alpha value is -1.53. The molecule has 1 aliphatic carbocycles. The molecule has 19 heavy (non-hydrogen) atoms. The normalized spacial score (nSPS) is 15.7. The van der Waals surface area contributed by atoms with Crippen LogP contribution in [0.4, 0.5) is 4.39 Å². The molecule has 1 fully saturated rings. The van der Waals surface area contributed by atoms with Crippen LogP contribution >= 0.6 is 0 Å². The molecule has 0 bridgehead atoms. The number of hydrogen-bond acceptors (Lipinski definition) is 2. The summed E-state index contributed by atoms with van der Waals surface area (Å²) >= 11 is 0. The van der Waals surface area contributed by atoms with E-state index in [0.29, 0.717) is 23.8 Å². The molecule has 102 valence electrons. The van der Waals surface area contributed by atoms with Crippen LogP contribution in [0, 0.1) is 23.6 Å². The quantitative estimate of drug-likeness (QED) is 0.848. The van der Waals surface area contributed by atoms with Gasteiger partial charge >= 0.3 is 0 Å². The lowest BCUT2D eigenvalue weighted by atomic mass is 9.90. The van der Waals surface area contributed by atoms with E-state index < -0.39 is 0 Å². The Morgan fingerprint density at radius 1 is 1.26 bits per heavy atom. The van der Waals surface area contributed by atoms with Gasteiger partial charge in [0.15, 0.2) is 0 Å². The van der Waals surface area contributed by atoms with E-state index in [1.165, 1.54) is 44.2 Å². The van der Waals surface area contributed by atoms with E-state index in [1.54, 1.807) is 6.07 Å². The van der Waals surface area contributed by atoms with Crippen molar-refractivity contribution in [2.75, 3.05) is 13.2 Å². The summed E-state index contributed by atoms with van der Waals surface area (Å²) in [5.74, 6) is 6.07. The zero-order valence-corrected chi connectivity index (χ0v) is 11.0. The van der Waals surface area contributed by atoms with Crippen molar-refractivity contribution >= 4 is 0 Å². The van der Waals surface area contributed by atoms with Crippen LogP contribution in [-0.2, 0) is 0 Å². The molecule has 0 aliphatic heterocycles. The van der Waals surface area contributed by atoms with Gasteiger partial charge < -0.3 is 9.84 Å². The van der Waals surface area contributed by atoms with Crippen molar-refractivity contribution in [3.8, 4) is 17.6 Å². The van der Waals surface area contributed by atoms with Gasteiger partial charge in [0.2, 0.25) is 0 Å². The van der Waals surface area contributed by atoms with E-state index in [4.69, 9.17) is 9.84 Å². The van der Waals surface area contributed by atoms with E-state index in [0.717, 1.165) is 0 Å². The number of rotatable bonds is 3. The van der Waals surface area contributed by atoms with Gasteiger partial charge in [0.1, 0.15) is 18.2 Å². The van der Waals surface area contributed by atoms with Gasteiger partial charge in [-0.3, -0.25) is 0 Å². The summed E-state index contributed by atoms with van der Waals surface area (Å²) in [5.41, 5.74) is 0.631. The molecule has 1 N–H and O–H groups in total. The number of aliphatic hydroxyl groups is 1. The molecule has 0 amide bonds. The number of ether oxygens (including phenoxy) is 1. The van der Waals surface area contributed by atoms with Gasteiger partial charge in [-0.25, -0.2) is 4.39 Å². The van der Waals surface area contributed by atoms with Gasteiger partial charge in [-0.2, -0.15) is 0 Å². The van der Waals surface area contributed by atoms with Gasteiger partial charge in [-0.1, -0.05) is 31.1 Å². The topological polar surface area (TPSA) is 29.5 Å². The van der Waals surface area contributed by atoms with Crippen LogP contribution in [0.2, 0.25) is 0 Å². The van der Waals surface area contributed by atoms with Crippen molar-refractivity contribution < 1.29 is 14.2 Å². The minimum Gasteiger partial charge on any atom is -0.492 e. The number of halogens is 1. The van der Waals surface area contributed by atoms with E-state index in [1.807, 2.05) is 0 Å². The molecule has 0 heterocycles. The molecular formula is C16H19FO2. The Morgan fingerprint density at radius 2 is 2.05 bits per heavy atom. The maximum Gasteiger partial charge on any atom is 0.137 e. The van der Waals surface area contributed by atoms with Crippen molar-refractivity contribution in [3.63, 3.8) is 0 Å². The lowest BCUT2D eigenvalue weighted by Crippen LogP contribution is -2.15. The molecule has 3 heteroatoms. The van der Waals surface area contributed by atoms with Crippen LogP contribution in [0.15, 0.2) is 18.2 Å². The maximum atomic E-state index is 13.3. The predicted molar refractivity (Wildman–Crippen MR) is 72.4 cm³/mol. The molecule has 2 rings (SSSR count). The van der Waals surface area contributed by atoms with Crippen LogP contribution in [0.25, 0.3) is 0 Å². The second kappa shape index (κ2) is 7.16. The first-order chi connectivity index (χ1) is 9.29. The molecule has 1 aromatic carbocycles. The summed E-state index contributed by atoms with van der Waals surface area (Å²) in [5, 5.41) is 8.72. The Bertz CT molecular complexity index is 467. The number of aliphatic hydroxyl groups excluding tert-OH is 1. The van der Waals surface area contributed by atoms with Gasteiger partial charge in [0.25, 0.3) is 0 Å². The van der Waals surface area contributed by atoms with Gasteiger partial charge in [-0.05, 0) is 30.9 Å². The van der Waals surface area contributed by atoms with Gasteiger partial charge in [0.05, 0.1) is 12.2 Å². The third kappa shape index (κ3) is 4.25. The highest BCUT2D eigenvalue weighted by molar-refractivity contribution is 5.46. The molecule has 1 saturated carbocycles. The molecule has 1 aliphatic rings. The highest BCUT2D eigenvalue weighted by Crippen LogP contribution is 2.26. The third-order valence-electron chi connectivity index (χ3n) is 3.45. The second-order valence-electron chi connectivity index (χ2n) is 4.92. The predicted octanol–water partition coefficient (Wildman–Crippen LogP) is 3.13. The molecule has 0 radical (unpaired) electrons. The fraction of sp³-hybridized carbons (Fsp3) is 0.500. The summed E-state index contributed by atoms with van der Waals surface area (Å²) in [4.78, 5) is 0. The van der Waals surface area contributed by atoms with E-state index in [2.05, 4.69) is 11.8 Å². The largest absolute Gasteiger partial charge is 0.492 e. The zero-order valence-electron chi connectivity index (χ0n) is 11.0. The molecule has 0 atom stereocenters. The Labute approximate surface area is 113 Å². The van der Waals surface area contributed by atoms with E-state index >= 15 is 0 Å². The average molecular weight is 262 g/mol. The Kier molecular flexibility index (Phi) is 5.23. The monoisotopic (exact) mass is 262 g/mol. The van der Waals surface area contributed by atoms with Crippen LogP contribution < -0.4 is 4.74 Å². The highest BCUT2D eigenvalue weighted by atomic mass is 19.1. The molecule has 0 unspecified atom stereocenters. The molecule has 0 saturated heterocycles. The van der Waals surface area contributed by atoms with Gasteiger partial charge in [0, 0.05) is 6.07 Å². The molecule has 2 nitrogen and oxygen atoms in total. The van der Waals surface area contributed by atoms with Gasteiger partial charge in [-0.15, -0.1) is 0 Å². The fourth-order valence-corrected chi connectivity index (χ4v) is 2.42. The molecule has 1 aromatic rings. The van der Waals surface area contributed by atoms with E-state index in [-0.39, 0.29) is 12.4 Å². The first-order valence-electron chi connectivity index (χ1n) is 6.81. The SMILES string of the molecule is OCC#Cc1ccc(F)cc1OCC1CCCCC1. The summed E-state index contributed by atoms with van der Waals surface area (Å²) in [6.45, 7) is 0.413. The minimum atomic E-state index is -0.326. The van der Waals surface area contributed by atoms with Crippen molar-refractivity contribution in [2.45, 2.75) is 32.1 Å². The first kappa shape index (κ1) is 13.9. The smallest absolute Gasteiger partial charge is 0.137 e. The van der Waals surface area contributed by atoms with Crippen LogP contribution in [0.5, 0.6) is 5.75 Å². The van der Waals surface area contributed by atoms with Crippen LogP contribution in [-0.4, -0.2) is 18.3 Å². The first-order valence-corrected chi connectivity index (χ1v) is 6.81. The minimum absolute atomic E-state index is 0.209. The van der Waals surface area contributed by atoms with Crippen LogP contribution in [0.3, 0.4) is 0 Å². The fourth-order valence-electron chi connectivity index (χ4n) is 2.42. The van der Waals surface area contributed by atoms with Crippen molar-refractivity contribution in [3.05, 3.63) is 29.6 Å². The summed E-state index contributed by atoms with van der Waals surface area (Å²) in [6.07, 6.45) is 6.20. The summed E-state index contributed by atoms with van der Waals surface area (Å²) < 4.78 is 19.0. The molecule has 0 spiro atoms. The van der Waals surface area contributed by atoms with Crippen LogP contribution in [0.1, 0.15) is 37.7 Å². The molecule has 0 aromatic heterocycles. The lowest BCUT2D eigenvalue weighted by Gasteiger charge is -2.22. The zero-order chi connectivity index (χ0) is 13.5.